The Kier molecular flexibility index (Phi) is 4.46. The van der Waals surface area contributed by atoms with E-state index in [9.17, 15) is 22.0 Å². The van der Waals surface area contributed by atoms with E-state index in [1.165, 1.54) is 12.1 Å². The largest absolute Gasteiger partial charge is 0.371 e. The maximum atomic E-state index is 12.4. The number of amides is 1. The average Bonchev–Trinajstić information content (AvgIpc) is 2.47. The van der Waals surface area contributed by atoms with Crippen LogP contribution in [0.2, 0.25) is 0 Å². The monoisotopic (exact) mass is 318 g/mol. The van der Waals surface area contributed by atoms with Gasteiger partial charge in [0, 0.05) is 18.8 Å². The van der Waals surface area contributed by atoms with Gasteiger partial charge in [-0.2, -0.15) is 8.78 Å². The molecule has 1 atom stereocenters. The summed E-state index contributed by atoms with van der Waals surface area (Å²) in [5, 5.41) is 0. The molecule has 0 saturated carbocycles. The summed E-state index contributed by atoms with van der Waals surface area (Å²) in [6.45, 7) is 1.17. The summed E-state index contributed by atoms with van der Waals surface area (Å²) in [6.07, 6.45) is 1.52. The van der Waals surface area contributed by atoms with Gasteiger partial charge in [0.15, 0.2) is 0 Å². The number of benzene rings is 1. The third kappa shape index (κ3) is 3.31. The molecular formula is C13H16F2N2O3S. The molecular weight excluding hydrogens is 302 g/mol. The molecule has 1 amide bonds. The molecule has 2 N–H and O–H groups in total. The van der Waals surface area contributed by atoms with Crippen LogP contribution in [-0.2, 0) is 14.6 Å². The van der Waals surface area contributed by atoms with Gasteiger partial charge in [0.2, 0.25) is 15.7 Å². The van der Waals surface area contributed by atoms with Crippen LogP contribution in [0.15, 0.2) is 29.2 Å². The summed E-state index contributed by atoms with van der Waals surface area (Å²) >= 11 is 0. The fourth-order valence-electron chi connectivity index (χ4n) is 2.39. The van der Waals surface area contributed by atoms with Gasteiger partial charge in [0.25, 0.3) is 0 Å². The number of piperidine rings is 1. The highest BCUT2D eigenvalue weighted by Crippen LogP contribution is 2.26. The van der Waals surface area contributed by atoms with Crippen LogP contribution in [0.1, 0.15) is 12.8 Å². The second-order valence-corrected chi connectivity index (χ2v) is 6.90. The molecule has 0 aromatic heterocycles. The number of nitrogens with zero attached hydrogens (tertiary/aromatic N) is 1. The average molecular weight is 318 g/mol. The number of sulfone groups is 1. The molecule has 1 aliphatic rings. The van der Waals surface area contributed by atoms with E-state index in [4.69, 9.17) is 5.73 Å². The molecule has 1 aliphatic heterocycles. The lowest BCUT2D eigenvalue weighted by Gasteiger charge is -2.33. The first-order valence-corrected chi connectivity index (χ1v) is 8.03. The molecule has 5 nitrogen and oxygen atoms in total. The van der Waals surface area contributed by atoms with Crippen molar-refractivity contribution in [3.8, 4) is 0 Å². The first-order chi connectivity index (χ1) is 9.82. The zero-order chi connectivity index (χ0) is 15.6. The van der Waals surface area contributed by atoms with Crippen molar-refractivity contribution >= 4 is 21.4 Å². The molecule has 0 unspecified atom stereocenters. The minimum Gasteiger partial charge on any atom is -0.371 e. The zero-order valence-corrected chi connectivity index (χ0v) is 12.0. The molecule has 1 aromatic carbocycles. The van der Waals surface area contributed by atoms with Crippen LogP contribution in [-0.4, -0.2) is 33.2 Å². The highest BCUT2D eigenvalue weighted by molar-refractivity contribution is 7.91. The van der Waals surface area contributed by atoms with Crippen LogP contribution < -0.4 is 10.6 Å². The van der Waals surface area contributed by atoms with Crippen molar-refractivity contribution in [2.24, 2.45) is 11.7 Å². The van der Waals surface area contributed by atoms with Gasteiger partial charge in [-0.25, -0.2) is 8.42 Å². The lowest BCUT2D eigenvalue weighted by Crippen LogP contribution is -2.41. The molecule has 1 saturated heterocycles. The highest BCUT2D eigenvalue weighted by Gasteiger charge is 2.27. The number of hydrogen-bond acceptors (Lipinski definition) is 4. The van der Waals surface area contributed by atoms with Crippen LogP contribution >= 0.6 is 0 Å². The Morgan fingerprint density at radius 2 is 1.90 bits per heavy atom. The van der Waals surface area contributed by atoms with E-state index >= 15 is 0 Å². The van der Waals surface area contributed by atoms with Crippen LogP contribution in [0.3, 0.4) is 0 Å². The number of carbonyl (C=O) groups is 1. The van der Waals surface area contributed by atoms with Crippen molar-refractivity contribution < 1.29 is 22.0 Å². The van der Waals surface area contributed by atoms with E-state index < -0.39 is 20.5 Å². The van der Waals surface area contributed by atoms with Crippen molar-refractivity contribution in [2.75, 3.05) is 18.0 Å². The SMILES string of the molecule is NC(=O)[C@H]1CCCN(c2ccc(S(=O)(=O)C(F)F)cc2)C1. The van der Waals surface area contributed by atoms with E-state index in [0.29, 0.717) is 18.8 Å². The fourth-order valence-corrected chi connectivity index (χ4v) is 3.11. The number of anilines is 1. The fraction of sp³-hybridized carbons (Fsp3) is 0.462. The van der Waals surface area contributed by atoms with Crippen molar-refractivity contribution in [3.05, 3.63) is 24.3 Å². The first kappa shape index (κ1) is 15.7. The summed E-state index contributed by atoms with van der Waals surface area (Å²) in [5.74, 6) is -4.04. The van der Waals surface area contributed by atoms with Gasteiger partial charge in [-0.3, -0.25) is 4.79 Å². The van der Waals surface area contributed by atoms with Crippen LogP contribution in [0.25, 0.3) is 0 Å². The van der Waals surface area contributed by atoms with Crippen LogP contribution in [0, 0.1) is 5.92 Å². The Morgan fingerprint density at radius 1 is 1.29 bits per heavy atom. The second-order valence-electron chi connectivity index (χ2n) is 4.99. The van der Waals surface area contributed by atoms with Crippen LogP contribution in [0.4, 0.5) is 14.5 Å². The number of nitrogens with two attached hydrogens (primary N) is 1. The minimum atomic E-state index is -4.57. The van der Waals surface area contributed by atoms with Crippen LogP contribution in [0.5, 0.6) is 0 Å². The number of rotatable bonds is 4. The summed E-state index contributed by atoms with van der Waals surface area (Å²) in [7, 11) is -4.57. The topological polar surface area (TPSA) is 80.5 Å². The summed E-state index contributed by atoms with van der Waals surface area (Å²) in [4.78, 5) is 12.7. The van der Waals surface area contributed by atoms with E-state index in [1.54, 1.807) is 0 Å². The van der Waals surface area contributed by atoms with Crippen molar-refractivity contribution in [2.45, 2.75) is 23.5 Å². The minimum absolute atomic E-state index is 0.247. The van der Waals surface area contributed by atoms with Crippen molar-refractivity contribution in [1.82, 2.24) is 0 Å². The quantitative estimate of drug-likeness (QED) is 0.909. The van der Waals surface area contributed by atoms with Gasteiger partial charge in [-0.05, 0) is 37.1 Å². The molecule has 21 heavy (non-hydrogen) atoms. The Hall–Kier alpha value is -1.70. The Balaban J connectivity index is 2.18. The van der Waals surface area contributed by atoms with E-state index in [1.807, 2.05) is 4.90 Å². The number of primary amides is 1. The third-order valence-corrected chi connectivity index (χ3v) is 4.99. The van der Waals surface area contributed by atoms with Gasteiger partial charge >= 0.3 is 5.76 Å². The molecule has 1 aromatic rings. The number of halogens is 2. The maximum absolute atomic E-state index is 12.4. The lowest BCUT2D eigenvalue weighted by atomic mass is 9.97. The summed E-state index contributed by atoms with van der Waals surface area (Å²) in [6, 6.07) is 5.26. The van der Waals surface area contributed by atoms with Gasteiger partial charge in [0.1, 0.15) is 0 Å². The molecule has 8 heteroatoms. The summed E-state index contributed by atoms with van der Waals surface area (Å²) < 4.78 is 47.6. The number of carbonyl (C=O) groups excluding carboxylic acids is 1. The summed E-state index contributed by atoms with van der Waals surface area (Å²) in [5.41, 5.74) is 5.98. The second kappa shape index (κ2) is 5.97. The molecule has 1 heterocycles. The number of hydrogen-bond donors (Lipinski definition) is 1. The first-order valence-electron chi connectivity index (χ1n) is 6.48. The maximum Gasteiger partial charge on any atom is 0.341 e. The molecule has 0 radical (unpaired) electrons. The molecule has 2 rings (SSSR count). The van der Waals surface area contributed by atoms with E-state index in [2.05, 4.69) is 0 Å². The van der Waals surface area contributed by atoms with Gasteiger partial charge in [-0.15, -0.1) is 0 Å². The lowest BCUT2D eigenvalue weighted by molar-refractivity contribution is -0.122. The predicted molar refractivity (Wildman–Crippen MR) is 73.8 cm³/mol. The van der Waals surface area contributed by atoms with Crippen molar-refractivity contribution in [1.29, 1.82) is 0 Å². The molecule has 0 spiro atoms. The third-order valence-electron chi connectivity index (χ3n) is 3.59. The van der Waals surface area contributed by atoms with Gasteiger partial charge in [0.05, 0.1) is 10.8 Å². The van der Waals surface area contributed by atoms with Gasteiger partial charge < -0.3 is 10.6 Å². The normalized spacial score (nSPS) is 19.8. The molecule has 0 aliphatic carbocycles. The Bertz CT molecular complexity index is 617. The van der Waals surface area contributed by atoms with E-state index in [0.717, 1.165) is 25.0 Å². The standard InChI is InChI=1S/C13H16F2N2O3S/c14-13(15)21(19,20)11-5-3-10(4-6-11)17-7-1-2-9(8-17)12(16)18/h3-6,9,13H,1-2,7-8H2,(H2,16,18)/t9-/m0/s1. The Labute approximate surface area is 121 Å². The van der Waals surface area contributed by atoms with Crippen molar-refractivity contribution in [3.63, 3.8) is 0 Å². The highest BCUT2D eigenvalue weighted by atomic mass is 32.2. The molecule has 0 bridgehead atoms. The zero-order valence-electron chi connectivity index (χ0n) is 11.2. The van der Waals surface area contributed by atoms with Gasteiger partial charge in [-0.1, -0.05) is 0 Å². The predicted octanol–water partition coefficient (Wildman–Crippen LogP) is 1.38. The van der Waals surface area contributed by atoms with E-state index in [-0.39, 0.29) is 11.8 Å². The molecule has 116 valence electrons. The Morgan fingerprint density at radius 3 is 2.43 bits per heavy atom. The smallest absolute Gasteiger partial charge is 0.341 e. The molecule has 1 fully saturated rings. The number of alkyl halides is 2.